The molecule has 9 heteroatoms. The number of para-hydroxylation sites is 2. The molecule has 33 heavy (non-hydrogen) atoms. The Labute approximate surface area is 190 Å². The summed E-state index contributed by atoms with van der Waals surface area (Å²) in [6.07, 6.45) is 0. The third-order valence-electron chi connectivity index (χ3n) is 5.13. The molecule has 0 unspecified atom stereocenters. The number of hydrogen-bond donors (Lipinski definition) is 4. The van der Waals surface area contributed by atoms with Crippen molar-refractivity contribution in [3.63, 3.8) is 0 Å². The lowest BCUT2D eigenvalue weighted by atomic mass is 10.0. The van der Waals surface area contributed by atoms with Crippen LogP contribution >= 0.6 is 0 Å². The fraction of sp³-hybridized carbons (Fsp3) is 0.250. The van der Waals surface area contributed by atoms with E-state index in [0.29, 0.717) is 5.69 Å². The first-order chi connectivity index (χ1) is 15.6. The van der Waals surface area contributed by atoms with E-state index in [2.05, 4.69) is 16.0 Å². The molecule has 0 saturated carbocycles. The molecule has 0 aliphatic rings. The topological polar surface area (TPSA) is 128 Å². The summed E-state index contributed by atoms with van der Waals surface area (Å²) >= 11 is 0. The molecule has 2 amide bonds. The molecule has 0 aliphatic carbocycles. The van der Waals surface area contributed by atoms with Crippen molar-refractivity contribution in [2.75, 3.05) is 30.0 Å². The molecule has 4 N–H and O–H groups in total. The highest BCUT2D eigenvalue weighted by atomic mass is 16.3. The fourth-order valence-corrected chi connectivity index (χ4v) is 3.27. The maximum absolute atomic E-state index is 12.8. The number of amides is 2. The van der Waals surface area contributed by atoms with E-state index < -0.39 is 22.8 Å². The SMILES string of the molecule is CC(C)[C@H](Nc1c(Nc2cccc(C(=O)N(C)C)c2O)c(=O)c1=O)C(=O)Nc1ccccc1. The first kappa shape index (κ1) is 23.5. The zero-order chi connectivity index (χ0) is 24.3. The van der Waals surface area contributed by atoms with Gasteiger partial charge in [-0.2, -0.15) is 0 Å². The summed E-state index contributed by atoms with van der Waals surface area (Å²) in [4.78, 5) is 50.9. The zero-order valence-corrected chi connectivity index (χ0v) is 18.8. The van der Waals surface area contributed by atoms with Gasteiger partial charge in [-0.25, -0.2) is 0 Å². The molecule has 3 aromatic carbocycles. The van der Waals surface area contributed by atoms with Crippen molar-refractivity contribution < 1.29 is 14.7 Å². The maximum Gasteiger partial charge on any atom is 0.257 e. The second-order valence-corrected chi connectivity index (χ2v) is 8.16. The lowest BCUT2D eigenvalue weighted by molar-refractivity contribution is -0.117. The van der Waals surface area contributed by atoms with E-state index in [0.717, 1.165) is 0 Å². The van der Waals surface area contributed by atoms with Crippen LogP contribution in [0, 0.1) is 5.92 Å². The van der Waals surface area contributed by atoms with E-state index in [1.807, 2.05) is 19.9 Å². The molecule has 9 nitrogen and oxygen atoms in total. The first-order valence-corrected chi connectivity index (χ1v) is 10.4. The Hall–Kier alpha value is -4.14. The van der Waals surface area contributed by atoms with Crippen LogP contribution in [0.4, 0.5) is 22.7 Å². The number of aromatic hydroxyl groups is 1. The molecule has 172 valence electrons. The monoisotopic (exact) mass is 450 g/mol. The van der Waals surface area contributed by atoms with Gasteiger partial charge in [0.05, 0.1) is 11.3 Å². The van der Waals surface area contributed by atoms with E-state index in [1.165, 1.54) is 17.0 Å². The lowest BCUT2D eigenvalue weighted by Crippen LogP contribution is -2.45. The van der Waals surface area contributed by atoms with Crippen molar-refractivity contribution >= 4 is 34.6 Å². The average Bonchev–Trinajstić information content (AvgIpc) is 2.79. The minimum Gasteiger partial charge on any atom is -0.505 e. The third kappa shape index (κ3) is 4.87. The smallest absolute Gasteiger partial charge is 0.257 e. The van der Waals surface area contributed by atoms with Crippen molar-refractivity contribution in [2.45, 2.75) is 19.9 Å². The molecular weight excluding hydrogens is 424 g/mol. The van der Waals surface area contributed by atoms with Crippen molar-refractivity contribution in [2.24, 2.45) is 5.92 Å². The molecule has 0 bridgehead atoms. The highest BCUT2D eigenvalue weighted by Gasteiger charge is 2.29. The van der Waals surface area contributed by atoms with Crippen LogP contribution in [0.15, 0.2) is 58.1 Å². The normalized spacial score (nSPS) is 11.8. The Morgan fingerprint density at radius 3 is 2.15 bits per heavy atom. The second kappa shape index (κ2) is 9.56. The molecule has 0 saturated heterocycles. The summed E-state index contributed by atoms with van der Waals surface area (Å²) in [5.74, 6) is -1.34. The quantitative estimate of drug-likeness (QED) is 0.307. The number of benzene rings is 2. The van der Waals surface area contributed by atoms with Gasteiger partial charge in [-0.15, -0.1) is 0 Å². The van der Waals surface area contributed by atoms with E-state index in [9.17, 15) is 24.3 Å². The molecule has 3 aromatic rings. The van der Waals surface area contributed by atoms with Gasteiger partial charge in [-0.1, -0.05) is 38.1 Å². The fourth-order valence-electron chi connectivity index (χ4n) is 3.27. The van der Waals surface area contributed by atoms with Gasteiger partial charge in [0.25, 0.3) is 16.8 Å². The number of nitrogens with one attached hydrogen (secondary N) is 3. The summed E-state index contributed by atoms with van der Waals surface area (Å²) in [6.45, 7) is 3.62. The molecular formula is C24H26N4O5. The van der Waals surface area contributed by atoms with Gasteiger partial charge in [0, 0.05) is 19.8 Å². The van der Waals surface area contributed by atoms with Gasteiger partial charge < -0.3 is 26.0 Å². The molecule has 3 rings (SSSR count). The number of carbonyl (C=O) groups excluding carboxylic acids is 2. The minimum absolute atomic E-state index is 0.0421. The number of nitrogens with zero attached hydrogens (tertiary/aromatic N) is 1. The number of phenolic OH excluding ortho intramolecular Hbond substituents is 1. The van der Waals surface area contributed by atoms with Gasteiger partial charge in [0.2, 0.25) is 5.91 Å². The number of anilines is 4. The van der Waals surface area contributed by atoms with Crippen LogP contribution in [0.5, 0.6) is 5.75 Å². The summed E-state index contributed by atoms with van der Waals surface area (Å²) in [7, 11) is 3.10. The maximum atomic E-state index is 12.8. The molecule has 0 fully saturated rings. The van der Waals surface area contributed by atoms with Crippen LogP contribution in [0.1, 0.15) is 24.2 Å². The lowest BCUT2D eigenvalue weighted by Gasteiger charge is -2.25. The van der Waals surface area contributed by atoms with E-state index in [4.69, 9.17) is 0 Å². The molecule has 0 aliphatic heterocycles. The number of carbonyl (C=O) groups is 2. The number of phenols is 1. The Kier molecular flexibility index (Phi) is 6.81. The van der Waals surface area contributed by atoms with Gasteiger partial charge in [-0.3, -0.25) is 19.2 Å². The standard InChI is InChI=1S/C24H26N4O5/c1-13(2)17(23(32)25-14-9-6-5-7-10-14)27-19-18(21(30)22(19)31)26-16-12-8-11-15(20(16)29)24(33)28(3)4/h5-13,17,26-27,29H,1-4H3,(H,25,32)/t17-/m0/s1. The molecule has 0 heterocycles. The van der Waals surface area contributed by atoms with Gasteiger partial charge in [0.1, 0.15) is 17.4 Å². The van der Waals surface area contributed by atoms with E-state index in [-0.39, 0.29) is 40.2 Å². The summed E-state index contributed by atoms with van der Waals surface area (Å²) < 4.78 is 0. The average molecular weight is 450 g/mol. The summed E-state index contributed by atoms with van der Waals surface area (Å²) in [5.41, 5.74) is -0.949. The third-order valence-corrected chi connectivity index (χ3v) is 5.13. The molecule has 0 radical (unpaired) electrons. The van der Waals surface area contributed by atoms with Crippen LogP contribution in [0.3, 0.4) is 0 Å². The predicted octanol–water partition coefficient (Wildman–Crippen LogP) is 2.51. The van der Waals surface area contributed by atoms with Crippen molar-refractivity contribution in [3.05, 3.63) is 74.5 Å². The van der Waals surface area contributed by atoms with E-state index >= 15 is 0 Å². The van der Waals surface area contributed by atoms with Crippen molar-refractivity contribution in [3.8, 4) is 5.75 Å². The number of hydrogen-bond acceptors (Lipinski definition) is 7. The Morgan fingerprint density at radius 2 is 1.55 bits per heavy atom. The minimum atomic E-state index is -0.802. The van der Waals surface area contributed by atoms with Crippen LogP contribution in [0.25, 0.3) is 0 Å². The Morgan fingerprint density at radius 1 is 0.909 bits per heavy atom. The summed E-state index contributed by atoms with van der Waals surface area (Å²) in [5, 5.41) is 18.9. The predicted molar refractivity (Wildman–Crippen MR) is 128 cm³/mol. The molecule has 1 atom stereocenters. The highest BCUT2D eigenvalue weighted by molar-refractivity contribution is 6.00. The molecule has 0 spiro atoms. The first-order valence-electron chi connectivity index (χ1n) is 10.4. The van der Waals surface area contributed by atoms with Gasteiger partial charge in [0.15, 0.2) is 5.75 Å². The Balaban J connectivity index is 1.86. The van der Waals surface area contributed by atoms with Crippen LogP contribution in [-0.4, -0.2) is 42.0 Å². The van der Waals surface area contributed by atoms with Crippen molar-refractivity contribution in [1.29, 1.82) is 0 Å². The number of rotatable bonds is 8. The van der Waals surface area contributed by atoms with Crippen LogP contribution in [0.2, 0.25) is 0 Å². The van der Waals surface area contributed by atoms with Crippen LogP contribution in [-0.2, 0) is 4.79 Å². The Bertz CT molecular complexity index is 1240. The summed E-state index contributed by atoms with van der Waals surface area (Å²) in [6, 6.07) is 12.5. The zero-order valence-electron chi connectivity index (χ0n) is 18.8. The largest absolute Gasteiger partial charge is 0.505 e. The second-order valence-electron chi connectivity index (χ2n) is 8.16. The molecule has 0 aromatic heterocycles. The van der Waals surface area contributed by atoms with Crippen molar-refractivity contribution in [1.82, 2.24) is 4.90 Å². The van der Waals surface area contributed by atoms with Crippen LogP contribution < -0.4 is 26.8 Å². The van der Waals surface area contributed by atoms with E-state index in [1.54, 1.807) is 44.4 Å². The van der Waals surface area contributed by atoms with Gasteiger partial charge >= 0.3 is 0 Å². The highest BCUT2D eigenvalue weighted by Crippen LogP contribution is 2.32. The van der Waals surface area contributed by atoms with Gasteiger partial charge in [-0.05, 0) is 30.2 Å².